The Bertz CT molecular complexity index is 693. The van der Waals surface area contributed by atoms with Crippen molar-refractivity contribution in [2.75, 3.05) is 11.9 Å². The summed E-state index contributed by atoms with van der Waals surface area (Å²) in [5.41, 5.74) is 1.86. The van der Waals surface area contributed by atoms with Gasteiger partial charge in [-0.25, -0.2) is 4.79 Å². The van der Waals surface area contributed by atoms with E-state index in [9.17, 15) is 9.59 Å². The zero-order valence-electron chi connectivity index (χ0n) is 13.1. The summed E-state index contributed by atoms with van der Waals surface area (Å²) in [6.45, 7) is 0.613. The van der Waals surface area contributed by atoms with Crippen LogP contribution in [-0.4, -0.2) is 23.6 Å². The van der Waals surface area contributed by atoms with Gasteiger partial charge < -0.3 is 15.2 Å². The van der Waals surface area contributed by atoms with Gasteiger partial charge >= 0.3 is 5.97 Å². The van der Waals surface area contributed by atoms with Gasteiger partial charge in [0.15, 0.2) is 0 Å². The Morgan fingerprint density at radius 1 is 1.00 bits per heavy atom. The van der Waals surface area contributed by atoms with Crippen molar-refractivity contribution in [1.82, 2.24) is 0 Å². The zero-order chi connectivity index (χ0) is 17.2. The second-order valence-electron chi connectivity index (χ2n) is 5.12. The molecule has 2 aromatic rings. The highest BCUT2D eigenvalue weighted by atomic mass is 16.5. The van der Waals surface area contributed by atoms with Crippen LogP contribution in [0.5, 0.6) is 5.75 Å². The quantitative estimate of drug-likeness (QED) is 0.577. The largest absolute Gasteiger partial charge is 0.494 e. The molecule has 0 aromatic heterocycles. The molecule has 0 bridgehead atoms. The van der Waals surface area contributed by atoms with Crippen molar-refractivity contribution in [1.29, 1.82) is 0 Å². The maximum Gasteiger partial charge on any atom is 0.328 e. The topological polar surface area (TPSA) is 75.6 Å². The molecule has 0 heterocycles. The molecule has 0 atom stereocenters. The Labute approximate surface area is 140 Å². The van der Waals surface area contributed by atoms with E-state index in [4.69, 9.17) is 9.84 Å². The summed E-state index contributed by atoms with van der Waals surface area (Å²) in [6, 6.07) is 17.2. The summed E-state index contributed by atoms with van der Waals surface area (Å²) in [5.74, 6) is -0.930. The lowest BCUT2D eigenvalue weighted by molar-refractivity contribution is -0.131. The molecule has 5 heteroatoms. The molecule has 0 saturated carbocycles. The Morgan fingerprint density at radius 2 is 1.71 bits per heavy atom. The molecule has 0 radical (unpaired) electrons. The number of carboxylic acid groups (broad SMARTS) is 1. The molecule has 24 heavy (non-hydrogen) atoms. The number of aryl methyl sites for hydroxylation is 1. The van der Waals surface area contributed by atoms with Gasteiger partial charge in [0, 0.05) is 17.8 Å². The van der Waals surface area contributed by atoms with E-state index in [-0.39, 0.29) is 0 Å². The summed E-state index contributed by atoms with van der Waals surface area (Å²) in [5, 5.41) is 11.0. The SMILES string of the molecule is O=C(O)/C=C/C(=O)Nc1ccc(OCCCc2ccccc2)cc1. The van der Waals surface area contributed by atoms with Crippen LogP contribution >= 0.6 is 0 Å². The van der Waals surface area contributed by atoms with Gasteiger partial charge in [0.2, 0.25) is 5.91 Å². The van der Waals surface area contributed by atoms with Crippen LogP contribution in [0.3, 0.4) is 0 Å². The van der Waals surface area contributed by atoms with Gasteiger partial charge in [0.25, 0.3) is 0 Å². The monoisotopic (exact) mass is 325 g/mol. The van der Waals surface area contributed by atoms with E-state index in [1.54, 1.807) is 24.3 Å². The van der Waals surface area contributed by atoms with Crippen molar-refractivity contribution >= 4 is 17.6 Å². The molecule has 0 aliphatic heterocycles. The van der Waals surface area contributed by atoms with Gasteiger partial charge in [-0.15, -0.1) is 0 Å². The molecule has 2 aromatic carbocycles. The number of hydrogen-bond donors (Lipinski definition) is 2. The fourth-order valence-corrected chi connectivity index (χ4v) is 2.08. The first-order valence-corrected chi connectivity index (χ1v) is 7.62. The fourth-order valence-electron chi connectivity index (χ4n) is 2.08. The number of hydrogen-bond acceptors (Lipinski definition) is 3. The van der Waals surface area contributed by atoms with Crippen molar-refractivity contribution in [3.63, 3.8) is 0 Å². The van der Waals surface area contributed by atoms with Crippen LogP contribution in [0.2, 0.25) is 0 Å². The minimum absolute atomic E-state index is 0.492. The van der Waals surface area contributed by atoms with Gasteiger partial charge in [-0.05, 0) is 42.7 Å². The Kier molecular flexibility index (Phi) is 6.58. The third-order valence-corrected chi connectivity index (χ3v) is 3.22. The molecule has 124 valence electrons. The van der Waals surface area contributed by atoms with Crippen LogP contribution in [0.1, 0.15) is 12.0 Å². The number of carboxylic acids is 1. The van der Waals surface area contributed by atoms with Crippen LogP contribution in [0.4, 0.5) is 5.69 Å². The predicted molar refractivity (Wildman–Crippen MR) is 92.1 cm³/mol. The Hall–Kier alpha value is -3.08. The summed E-state index contributed by atoms with van der Waals surface area (Å²) in [6.07, 6.45) is 3.64. The molecule has 0 aliphatic carbocycles. The van der Waals surface area contributed by atoms with Crippen molar-refractivity contribution in [2.45, 2.75) is 12.8 Å². The van der Waals surface area contributed by atoms with Gasteiger partial charge in [0.05, 0.1) is 6.61 Å². The second kappa shape index (κ2) is 9.15. The molecule has 0 spiro atoms. The summed E-state index contributed by atoms with van der Waals surface area (Å²) >= 11 is 0. The minimum Gasteiger partial charge on any atom is -0.494 e. The molecule has 0 aliphatic rings. The maximum absolute atomic E-state index is 11.5. The first kappa shape index (κ1) is 17.3. The Morgan fingerprint density at radius 3 is 2.38 bits per heavy atom. The number of ether oxygens (including phenoxy) is 1. The van der Waals surface area contributed by atoms with Crippen LogP contribution in [0.25, 0.3) is 0 Å². The van der Waals surface area contributed by atoms with Crippen molar-refractivity contribution in [3.8, 4) is 5.75 Å². The Balaban J connectivity index is 1.73. The average molecular weight is 325 g/mol. The molecular formula is C19H19NO4. The number of amides is 1. The highest BCUT2D eigenvalue weighted by Crippen LogP contribution is 2.16. The average Bonchev–Trinajstić information content (AvgIpc) is 2.59. The van der Waals surface area contributed by atoms with Gasteiger partial charge in [-0.3, -0.25) is 4.79 Å². The lowest BCUT2D eigenvalue weighted by Crippen LogP contribution is -2.08. The number of aliphatic carboxylic acids is 1. The number of carbonyl (C=O) groups excluding carboxylic acids is 1. The highest BCUT2D eigenvalue weighted by Gasteiger charge is 2.00. The fraction of sp³-hybridized carbons (Fsp3) is 0.158. The predicted octanol–water partition coefficient (Wildman–Crippen LogP) is 3.28. The minimum atomic E-state index is -1.16. The van der Waals surface area contributed by atoms with E-state index in [1.807, 2.05) is 18.2 Å². The van der Waals surface area contributed by atoms with Crippen molar-refractivity contribution in [3.05, 3.63) is 72.3 Å². The van der Waals surface area contributed by atoms with Gasteiger partial charge in [-0.2, -0.15) is 0 Å². The highest BCUT2D eigenvalue weighted by molar-refractivity contribution is 6.02. The molecule has 0 fully saturated rings. The van der Waals surface area contributed by atoms with Crippen molar-refractivity contribution < 1.29 is 19.4 Å². The summed E-state index contributed by atoms with van der Waals surface area (Å²) in [7, 11) is 0. The van der Waals surface area contributed by atoms with E-state index in [2.05, 4.69) is 17.4 Å². The standard InChI is InChI=1S/C19H19NO4/c21-18(12-13-19(22)23)20-16-8-10-17(11-9-16)24-14-4-7-15-5-2-1-3-6-15/h1-3,5-6,8-13H,4,7,14H2,(H,20,21)(H,22,23)/b13-12+. The summed E-state index contributed by atoms with van der Waals surface area (Å²) in [4.78, 5) is 21.8. The number of carbonyl (C=O) groups is 2. The molecule has 0 unspecified atom stereocenters. The third-order valence-electron chi connectivity index (χ3n) is 3.22. The number of anilines is 1. The van der Waals surface area contributed by atoms with Crippen LogP contribution in [-0.2, 0) is 16.0 Å². The lowest BCUT2D eigenvalue weighted by Gasteiger charge is -2.07. The first-order chi connectivity index (χ1) is 11.6. The molecule has 2 rings (SSSR count). The van der Waals surface area contributed by atoms with Crippen LogP contribution in [0, 0.1) is 0 Å². The first-order valence-electron chi connectivity index (χ1n) is 7.62. The molecule has 0 saturated heterocycles. The summed E-state index contributed by atoms with van der Waals surface area (Å²) < 4.78 is 5.66. The van der Waals surface area contributed by atoms with Crippen LogP contribution in [0.15, 0.2) is 66.7 Å². The van der Waals surface area contributed by atoms with E-state index >= 15 is 0 Å². The molecule has 1 amide bonds. The van der Waals surface area contributed by atoms with E-state index < -0.39 is 11.9 Å². The van der Waals surface area contributed by atoms with Crippen LogP contribution < -0.4 is 10.1 Å². The second-order valence-corrected chi connectivity index (χ2v) is 5.12. The number of nitrogens with one attached hydrogen (secondary N) is 1. The zero-order valence-corrected chi connectivity index (χ0v) is 13.1. The van der Waals surface area contributed by atoms with Gasteiger partial charge in [-0.1, -0.05) is 30.3 Å². The normalized spacial score (nSPS) is 10.5. The number of rotatable bonds is 8. The van der Waals surface area contributed by atoms with Gasteiger partial charge in [0.1, 0.15) is 5.75 Å². The van der Waals surface area contributed by atoms with E-state index in [1.165, 1.54) is 5.56 Å². The molecule has 2 N–H and O–H groups in total. The smallest absolute Gasteiger partial charge is 0.328 e. The maximum atomic E-state index is 11.5. The lowest BCUT2D eigenvalue weighted by atomic mass is 10.1. The third kappa shape index (κ3) is 6.36. The van der Waals surface area contributed by atoms with Crippen molar-refractivity contribution in [2.24, 2.45) is 0 Å². The van der Waals surface area contributed by atoms with E-state index in [0.717, 1.165) is 30.7 Å². The molecule has 5 nitrogen and oxygen atoms in total. The molecular weight excluding hydrogens is 306 g/mol. The van der Waals surface area contributed by atoms with E-state index in [0.29, 0.717) is 12.3 Å². The number of benzene rings is 2.